The van der Waals surface area contributed by atoms with Crippen LogP contribution in [0, 0.1) is 0 Å². The highest BCUT2D eigenvalue weighted by atomic mass is 32.1. The van der Waals surface area contributed by atoms with Gasteiger partial charge in [0, 0.05) is 71.2 Å². The van der Waals surface area contributed by atoms with Gasteiger partial charge in [-0.1, -0.05) is 152 Å². The van der Waals surface area contributed by atoms with Crippen molar-refractivity contribution in [3.63, 3.8) is 0 Å². The first-order valence-electron chi connectivity index (χ1n) is 19.8. The van der Waals surface area contributed by atoms with Crippen LogP contribution in [0.4, 0.5) is 0 Å². The minimum atomic E-state index is 0.547. The number of hydrogen-bond donors (Lipinski definition) is 0. The van der Waals surface area contributed by atoms with E-state index in [2.05, 4.69) is 174 Å². The minimum Gasteiger partial charge on any atom is -0.455 e. The fourth-order valence-corrected chi connectivity index (χ4v) is 9.84. The van der Waals surface area contributed by atoms with Crippen molar-refractivity contribution >= 4 is 64.2 Å². The molecule has 0 radical (unpaired) electrons. The molecule has 0 bridgehead atoms. The van der Waals surface area contributed by atoms with Crippen LogP contribution in [-0.4, -0.2) is 24.9 Å². The molecule has 6 nitrogen and oxygen atoms in total. The number of rotatable bonds is 6. The van der Waals surface area contributed by atoms with E-state index in [0.717, 1.165) is 93.0 Å². The van der Waals surface area contributed by atoms with Crippen molar-refractivity contribution < 1.29 is 4.42 Å². The van der Waals surface area contributed by atoms with Crippen LogP contribution in [0.25, 0.3) is 121 Å². The maximum atomic E-state index is 6.87. The van der Waals surface area contributed by atoms with Crippen LogP contribution in [0.1, 0.15) is 0 Å². The van der Waals surface area contributed by atoms with Crippen molar-refractivity contribution in [2.24, 2.45) is 0 Å². The van der Waals surface area contributed by atoms with Crippen LogP contribution in [0.15, 0.2) is 193 Å². The van der Waals surface area contributed by atoms with Gasteiger partial charge in [0.1, 0.15) is 11.2 Å². The number of furan rings is 1. The molecule has 0 aliphatic heterocycles. The maximum absolute atomic E-state index is 6.87. The maximum Gasteiger partial charge on any atom is 0.167 e. The number of nitrogens with zero attached hydrogens (tertiary/aromatic N) is 5. The number of para-hydroxylation sites is 2. The molecule has 0 aliphatic rings. The van der Waals surface area contributed by atoms with Crippen LogP contribution in [0.2, 0.25) is 0 Å². The second-order valence-electron chi connectivity index (χ2n) is 14.8. The molecule has 12 rings (SSSR count). The Kier molecular flexibility index (Phi) is 7.92. The van der Waals surface area contributed by atoms with E-state index in [1.165, 1.54) is 10.1 Å². The van der Waals surface area contributed by atoms with Crippen LogP contribution in [0.3, 0.4) is 0 Å². The lowest BCUT2D eigenvalue weighted by molar-refractivity contribution is 0.670. The fourth-order valence-electron chi connectivity index (χ4n) is 8.50. The van der Waals surface area contributed by atoms with E-state index in [-0.39, 0.29) is 0 Å². The first kappa shape index (κ1) is 34.2. The van der Waals surface area contributed by atoms with E-state index in [4.69, 9.17) is 19.4 Å². The molecule has 12 aromatic rings. The highest BCUT2D eigenvalue weighted by Gasteiger charge is 2.22. The molecule has 0 saturated heterocycles. The molecule has 0 N–H and O–H groups in total. The summed E-state index contributed by atoms with van der Waals surface area (Å²) >= 11 is 1.76. The Hall–Kier alpha value is -7.87. The summed E-state index contributed by atoms with van der Waals surface area (Å²) in [6, 6.07) is 59.1. The standard InChI is InChI=1S/C53H31N5OS/c1-2-13-33(14-3-1)36-18-8-19-39-40-20-9-24-44(48(40)59-47(36)39)52-56-51(35-27-26-32-12-4-5-15-34(32)30-35)57-53(58-52)45-25-11-23-43-42-22-10-21-41(49(42)60-50(43)45)37-16-6-7-17-38(37)46-31-54-28-29-55-46/h1-31H. The topological polar surface area (TPSA) is 77.6 Å². The van der Waals surface area contributed by atoms with E-state index >= 15 is 0 Å². The van der Waals surface area contributed by atoms with E-state index in [1.807, 2.05) is 12.3 Å². The fraction of sp³-hybridized carbons (Fsp3) is 0. The first-order valence-corrected chi connectivity index (χ1v) is 20.6. The Morgan fingerprint density at radius 1 is 0.383 bits per heavy atom. The van der Waals surface area contributed by atoms with Crippen LogP contribution in [-0.2, 0) is 0 Å². The average Bonchev–Trinajstić information content (AvgIpc) is 3.91. The highest BCUT2D eigenvalue weighted by molar-refractivity contribution is 7.26. The average molecular weight is 786 g/mol. The van der Waals surface area contributed by atoms with Crippen LogP contribution >= 0.6 is 11.3 Å². The highest BCUT2D eigenvalue weighted by Crippen LogP contribution is 2.46. The molecule has 0 amide bonds. The molecular weight excluding hydrogens is 755 g/mol. The molecule has 60 heavy (non-hydrogen) atoms. The van der Waals surface area contributed by atoms with Gasteiger partial charge in [0.15, 0.2) is 17.5 Å². The molecule has 4 aromatic heterocycles. The summed E-state index contributed by atoms with van der Waals surface area (Å²) in [6.45, 7) is 0. The molecule has 0 fully saturated rings. The molecule has 0 saturated carbocycles. The zero-order valence-corrected chi connectivity index (χ0v) is 32.8. The lowest BCUT2D eigenvalue weighted by Gasteiger charge is -2.10. The number of fused-ring (bicyclic) bond motifs is 7. The van der Waals surface area contributed by atoms with E-state index in [9.17, 15) is 0 Å². The van der Waals surface area contributed by atoms with E-state index in [1.54, 1.807) is 23.7 Å². The van der Waals surface area contributed by atoms with E-state index < -0.39 is 0 Å². The van der Waals surface area contributed by atoms with E-state index in [0.29, 0.717) is 17.5 Å². The molecule has 0 spiro atoms. The van der Waals surface area contributed by atoms with Gasteiger partial charge in [-0.3, -0.25) is 9.97 Å². The Labute approximate surface area is 348 Å². The van der Waals surface area contributed by atoms with Crippen LogP contribution in [0.5, 0.6) is 0 Å². The summed E-state index contributed by atoms with van der Waals surface area (Å²) in [7, 11) is 0. The predicted octanol–water partition coefficient (Wildman–Crippen LogP) is 14.1. The normalized spacial score (nSPS) is 11.7. The van der Waals surface area contributed by atoms with Crippen molar-refractivity contribution in [3.05, 3.63) is 188 Å². The van der Waals surface area contributed by atoms with Gasteiger partial charge in [-0.15, -0.1) is 11.3 Å². The van der Waals surface area contributed by atoms with Gasteiger partial charge < -0.3 is 4.42 Å². The first-order chi connectivity index (χ1) is 29.7. The second kappa shape index (κ2) is 13.9. The summed E-state index contributed by atoms with van der Waals surface area (Å²) in [5.74, 6) is 1.74. The summed E-state index contributed by atoms with van der Waals surface area (Å²) in [4.78, 5) is 24.9. The van der Waals surface area contributed by atoms with Gasteiger partial charge in [0.2, 0.25) is 0 Å². The molecule has 0 unspecified atom stereocenters. The van der Waals surface area contributed by atoms with Gasteiger partial charge in [-0.2, -0.15) is 0 Å². The predicted molar refractivity (Wildman–Crippen MR) is 246 cm³/mol. The van der Waals surface area contributed by atoms with Gasteiger partial charge in [-0.25, -0.2) is 15.0 Å². The van der Waals surface area contributed by atoms with Crippen LogP contribution < -0.4 is 0 Å². The molecule has 0 atom stereocenters. The van der Waals surface area contributed by atoms with Gasteiger partial charge in [0.05, 0.1) is 17.5 Å². The van der Waals surface area contributed by atoms with Gasteiger partial charge in [-0.05, 0) is 40.1 Å². The Morgan fingerprint density at radius 2 is 0.967 bits per heavy atom. The minimum absolute atomic E-state index is 0.547. The van der Waals surface area contributed by atoms with Crippen molar-refractivity contribution in [3.8, 4) is 67.7 Å². The Morgan fingerprint density at radius 3 is 1.73 bits per heavy atom. The van der Waals surface area contributed by atoms with Crippen molar-refractivity contribution in [1.82, 2.24) is 24.9 Å². The molecule has 7 heteroatoms. The largest absolute Gasteiger partial charge is 0.455 e. The third-order valence-electron chi connectivity index (χ3n) is 11.3. The quantitative estimate of drug-likeness (QED) is 0.167. The Balaban J connectivity index is 1.09. The molecule has 4 heterocycles. The smallest absolute Gasteiger partial charge is 0.167 e. The zero-order chi connectivity index (χ0) is 39.6. The lowest BCUT2D eigenvalue weighted by atomic mass is 9.96. The molecule has 8 aromatic carbocycles. The molecule has 0 aliphatic carbocycles. The number of aromatic nitrogens is 5. The van der Waals surface area contributed by atoms with Crippen molar-refractivity contribution in [2.75, 3.05) is 0 Å². The number of hydrogen-bond acceptors (Lipinski definition) is 7. The monoisotopic (exact) mass is 785 g/mol. The number of thiophene rings is 1. The van der Waals surface area contributed by atoms with Gasteiger partial charge in [0.25, 0.3) is 0 Å². The van der Waals surface area contributed by atoms with Crippen molar-refractivity contribution in [2.45, 2.75) is 0 Å². The lowest BCUT2D eigenvalue weighted by Crippen LogP contribution is -2.00. The molecule has 280 valence electrons. The summed E-state index contributed by atoms with van der Waals surface area (Å²) in [5.41, 5.74) is 10.5. The second-order valence-corrected chi connectivity index (χ2v) is 15.8. The number of benzene rings is 8. The zero-order valence-electron chi connectivity index (χ0n) is 32.0. The third-order valence-corrected chi connectivity index (χ3v) is 12.6. The Bertz CT molecular complexity index is 3620. The summed E-state index contributed by atoms with van der Waals surface area (Å²) < 4.78 is 9.16. The summed E-state index contributed by atoms with van der Waals surface area (Å²) in [6.07, 6.45) is 5.27. The third kappa shape index (κ3) is 5.59. The van der Waals surface area contributed by atoms with Gasteiger partial charge >= 0.3 is 0 Å². The SMILES string of the molecule is c1ccc(-c2cccc3c2oc2c(-c4nc(-c5ccc6ccccc6c5)nc(-c5cccc6c5sc5c(-c7ccccc7-c7cnccn7)cccc56)n4)cccc23)cc1. The summed E-state index contributed by atoms with van der Waals surface area (Å²) in [5, 5.41) is 6.65. The van der Waals surface area contributed by atoms with Crippen molar-refractivity contribution in [1.29, 1.82) is 0 Å². The molecular formula is C53H31N5OS.